The summed E-state index contributed by atoms with van der Waals surface area (Å²) in [6.45, 7) is 5.03. The molecule has 4 aromatic rings. The van der Waals surface area contributed by atoms with E-state index in [0.717, 1.165) is 50.6 Å². The van der Waals surface area contributed by atoms with Crippen LogP contribution < -0.4 is 11.1 Å². The van der Waals surface area contributed by atoms with E-state index in [-0.39, 0.29) is 0 Å². The van der Waals surface area contributed by atoms with Crippen LogP contribution in [0.2, 0.25) is 5.02 Å². The molecule has 0 unspecified atom stereocenters. The highest BCUT2D eigenvalue weighted by Gasteiger charge is 2.19. The number of halogens is 1. The molecule has 8 nitrogen and oxygen atoms in total. The number of morpholine rings is 1. The molecule has 1 saturated heterocycles. The van der Waals surface area contributed by atoms with Gasteiger partial charge in [-0.3, -0.25) is 4.90 Å². The number of nitrogen functional groups attached to an aromatic ring is 1. The van der Waals surface area contributed by atoms with Crippen LogP contribution in [0, 0.1) is 0 Å². The lowest BCUT2D eigenvalue weighted by molar-refractivity contribution is 0.0398. The average molecular weight is 450 g/mol. The predicted octanol–water partition coefficient (Wildman–Crippen LogP) is 3.46. The van der Waals surface area contributed by atoms with Crippen LogP contribution in [0.3, 0.4) is 0 Å². The van der Waals surface area contributed by atoms with Crippen LogP contribution in [-0.2, 0) is 4.74 Å². The summed E-state index contributed by atoms with van der Waals surface area (Å²) >= 11 is 6.27. The van der Waals surface area contributed by atoms with Crippen molar-refractivity contribution < 1.29 is 4.74 Å². The molecule has 1 aliphatic heterocycles. The minimum absolute atomic E-state index is 0.487. The van der Waals surface area contributed by atoms with Crippen LogP contribution in [-0.4, -0.2) is 64.0 Å². The Kier molecular flexibility index (Phi) is 5.89. The highest BCUT2D eigenvalue weighted by Crippen LogP contribution is 2.33. The van der Waals surface area contributed by atoms with E-state index in [4.69, 9.17) is 32.2 Å². The van der Waals surface area contributed by atoms with Gasteiger partial charge in [0.05, 0.1) is 30.0 Å². The number of nitrogens with zero attached hydrogens (tertiary/aromatic N) is 5. The van der Waals surface area contributed by atoms with Crippen molar-refractivity contribution >= 4 is 34.4 Å². The Bertz CT molecular complexity index is 1220. The highest BCUT2D eigenvalue weighted by atomic mass is 35.5. The van der Waals surface area contributed by atoms with E-state index in [1.807, 2.05) is 54.6 Å². The molecule has 0 spiro atoms. The maximum Gasteiger partial charge on any atom is 0.225 e. The summed E-state index contributed by atoms with van der Waals surface area (Å²) in [4.78, 5) is 11.8. The fraction of sp³-hybridized carbons (Fsp3) is 0.261. The molecule has 1 fully saturated rings. The number of aromatic nitrogens is 4. The molecule has 1 aliphatic rings. The Morgan fingerprint density at radius 2 is 1.84 bits per heavy atom. The van der Waals surface area contributed by atoms with Crippen molar-refractivity contribution in [2.45, 2.75) is 0 Å². The molecule has 0 atom stereocenters. The maximum atomic E-state index is 6.54. The first kappa shape index (κ1) is 20.7. The van der Waals surface area contributed by atoms with Gasteiger partial charge in [0.1, 0.15) is 5.82 Å². The number of fused-ring (bicyclic) bond motifs is 1. The van der Waals surface area contributed by atoms with E-state index >= 15 is 0 Å². The van der Waals surface area contributed by atoms with Crippen molar-refractivity contribution in [3.63, 3.8) is 0 Å². The first-order chi connectivity index (χ1) is 15.7. The van der Waals surface area contributed by atoms with Crippen molar-refractivity contribution in [3.8, 4) is 16.9 Å². The molecule has 0 bridgehead atoms. The zero-order valence-electron chi connectivity index (χ0n) is 17.5. The van der Waals surface area contributed by atoms with E-state index in [2.05, 4.69) is 15.2 Å². The minimum Gasteiger partial charge on any atom is -0.383 e. The smallest absolute Gasteiger partial charge is 0.225 e. The van der Waals surface area contributed by atoms with Crippen molar-refractivity contribution in [1.29, 1.82) is 0 Å². The topological polar surface area (TPSA) is 94.1 Å². The van der Waals surface area contributed by atoms with Gasteiger partial charge in [0.2, 0.25) is 5.95 Å². The lowest BCUT2D eigenvalue weighted by atomic mass is 10.1. The van der Waals surface area contributed by atoms with Gasteiger partial charge in [-0.15, -0.1) is 5.10 Å². The van der Waals surface area contributed by atoms with E-state index < -0.39 is 0 Å². The first-order valence-electron chi connectivity index (χ1n) is 10.6. The van der Waals surface area contributed by atoms with Gasteiger partial charge >= 0.3 is 0 Å². The normalized spacial score (nSPS) is 14.7. The van der Waals surface area contributed by atoms with E-state index in [1.165, 1.54) is 0 Å². The molecule has 0 radical (unpaired) electrons. The SMILES string of the molecule is Nc1c2c(-c3cccc(Cl)c3)nc(NCCN3CCOCC3)nc2nn1-c1ccccc1. The number of benzene rings is 2. The van der Waals surface area contributed by atoms with Crippen molar-refractivity contribution in [1.82, 2.24) is 24.6 Å². The summed E-state index contributed by atoms with van der Waals surface area (Å²) in [6.07, 6.45) is 0. The third-order valence-electron chi connectivity index (χ3n) is 5.48. The second kappa shape index (κ2) is 9.12. The molecule has 2 aromatic heterocycles. The van der Waals surface area contributed by atoms with Crippen molar-refractivity contribution in [2.24, 2.45) is 0 Å². The van der Waals surface area contributed by atoms with Gasteiger partial charge < -0.3 is 15.8 Å². The standard InChI is InChI=1S/C23H24ClN7O/c24-17-6-4-5-16(15-17)20-19-21(25)31(18-7-2-1-3-8-18)29-22(19)28-23(27-20)26-9-10-30-11-13-32-14-12-30/h1-8,15H,9-14,25H2,(H,26,28,29). The van der Waals surface area contributed by atoms with Crippen LogP contribution in [0.25, 0.3) is 28.0 Å². The Morgan fingerprint density at radius 3 is 2.62 bits per heavy atom. The van der Waals surface area contributed by atoms with Crippen LogP contribution in [0.5, 0.6) is 0 Å². The lowest BCUT2D eigenvalue weighted by Gasteiger charge is -2.26. The molecule has 3 N–H and O–H groups in total. The number of hydrogen-bond acceptors (Lipinski definition) is 7. The second-order valence-corrected chi connectivity index (χ2v) is 8.05. The van der Waals surface area contributed by atoms with Gasteiger partial charge in [-0.25, -0.2) is 9.67 Å². The second-order valence-electron chi connectivity index (χ2n) is 7.62. The number of hydrogen-bond donors (Lipinski definition) is 2. The molecular formula is C23H24ClN7O. The summed E-state index contributed by atoms with van der Waals surface area (Å²) in [5, 5.41) is 9.37. The monoisotopic (exact) mass is 449 g/mol. The number of rotatable bonds is 6. The molecule has 0 amide bonds. The van der Waals surface area contributed by atoms with Gasteiger partial charge in [0, 0.05) is 36.8 Å². The number of anilines is 2. The average Bonchev–Trinajstić information content (AvgIpc) is 3.16. The summed E-state index contributed by atoms with van der Waals surface area (Å²) in [5.74, 6) is 1.000. The van der Waals surface area contributed by atoms with Gasteiger partial charge in [-0.1, -0.05) is 41.9 Å². The maximum absolute atomic E-state index is 6.54. The Hall–Kier alpha value is -3.20. The molecule has 32 heavy (non-hydrogen) atoms. The van der Waals surface area contributed by atoms with Crippen LogP contribution in [0.1, 0.15) is 0 Å². The third kappa shape index (κ3) is 4.25. The van der Waals surface area contributed by atoms with Crippen molar-refractivity contribution in [3.05, 3.63) is 59.6 Å². The van der Waals surface area contributed by atoms with E-state index in [0.29, 0.717) is 33.5 Å². The first-order valence-corrected chi connectivity index (χ1v) is 11.0. The molecule has 9 heteroatoms. The van der Waals surface area contributed by atoms with Crippen LogP contribution in [0.15, 0.2) is 54.6 Å². The molecule has 5 rings (SSSR count). The summed E-state index contributed by atoms with van der Waals surface area (Å²) < 4.78 is 7.12. The Balaban J connectivity index is 1.53. The van der Waals surface area contributed by atoms with Crippen molar-refractivity contribution in [2.75, 3.05) is 50.4 Å². The summed E-state index contributed by atoms with van der Waals surface area (Å²) in [6, 6.07) is 17.3. The largest absolute Gasteiger partial charge is 0.383 e. The van der Waals surface area contributed by atoms with Gasteiger partial charge in [-0.2, -0.15) is 4.98 Å². The molecule has 2 aromatic carbocycles. The zero-order valence-corrected chi connectivity index (χ0v) is 18.3. The number of ether oxygens (including phenoxy) is 1. The molecule has 0 aliphatic carbocycles. The molecule has 164 valence electrons. The number of para-hydroxylation sites is 1. The summed E-state index contributed by atoms with van der Waals surface area (Å²) in [7, 11) is 0. The number of nitrogens with two attached hydrogens (primary N) is 1. The van der Waals surface area contributed by atoms with Crippen LogP contribution >= 0.6 is 11.6 Å². The molecule has 3 heterocycles. The van der Waals surface area contributed by atoms with Gasteiger partial charge in [-0.05, 0) is 24.3 Å². The third-order valence-corrected chi connectivity index (χ3v) is 5.72. The highest BCUT2D eigenvalue weighted by molar-refractivity contribution is 6.30. The molecular weight excluding hydrogens is 426 g/mol. The quantitative estimate of drug-likeness (QED) is 0.465. The number of nitrogens with one attached hydrogen (secondary N) is 1. The fourth-order valence-electron chi connectivity index (χ4n) is 3.85. The van der Waals surface area contributed by atoms with E-state index in [1.54, 1.807) is 4.68 Å². The fourth-order valence-corrected chi connectivity index (χ4v) is 4.04. The summed E-state index contributed by atoms with van der Waals surface area (Å²) in [5.41, 5.74) is 9.50. The predicted molar refractivity (Wildman–Crippen MR) is 127 cm³/mol. The molecule has 0 saturated carbocycles. The Morgan fingerprint density at radius 1 is 1.03 bits per heavy atom. The zero-order chi connectivity index (χ0) is 21.9. The lowest BCUT2D eigenvalue weighted by Crippen LogP contribution is -2.39. The van der Waals surface area contributed by atoms with Gasteiger partial charge in [0.25, 0.3) is 0 Å². The van der Waals surface area contributed by atoms with E-state index in [9.17, 15) is 0 Å². The minimum atomic E-state index is 0.487. The Labute approximate surface area is 191 Å². The van der Waals surface area contributed by atoms with Gasteiger partial charge in [0.15, 0.2) is 5.65 Å². The van der Waals surface area contributed by atoms with Crippen LogP contribution in [0.4, 0.5) is 11.8 Å².